The molecule has 4 N–H and O–H groups in total. The molecule has 0 unspecified atom stereocenters. The maximum atomic E-state index is 13.0. The molecule has 2 amide bonds. The van der Waals surface area contributed by atoms with E-state index in [1.54, 1.807) is 0 Å². The molecular weight excluding hydrogens is 438 g/mol. The zero-order valence-electron chi connectivity index (χ0n) is 18.1. The number of nitrogens with one attached hydrogen (secondary N) is 2. The minimum absolute atomic E-state index is 0. The van der Waals surface area contributed by atoms with E-state index in [0.717, 1.165) is 17.5 Å². The molecule has 1 fully saturated rings. The smallest absolute Gasteiger partial charge is 0.408 e. The van der Waals surface area contributed by atoms with E-state index in [2.05, 4.69) is 10.6 Å². The number of halogens is 1. The normalized spacial score (nSPS) is 17.2. The van der Waals surface area contributed by atoms with Gasteiger partial charge in [-0.05, 0) is 35.2 Å². The molecule has 3 atom stereocenters. The lowest BCUT2D eigenvalue weighted by Crippen LogP contribution is -2.45. The van der Waals surface area contributed by atoms with Crippen molar-refractivity contribution in [1.29, 1.82) is 0 Å². The highest BCUT2D eigenvalue weighted by Gasteiger charge is 2.34. The molecule has 0 spiro atoms. The minimum atomic E-state index is -0.780. The number of hydrogen-bond donors (Lipinski definition) is 3. The van der Waals surface area contributed by atoms with Crippen LogP contribution in [0.3, 0.4) is 0 Å². The average molecular weight is 466 g/mol. The van der Waals surface area contributed by atoms with Crippen molar-refractivity contribution in [3.63, 3.8) is 0 Å². The number of benzene rings is 3. The first kappa shape index (κ1) is 24.3. The molecule has 1 saturated carbocycles. The molecule has 172 valence electrons. The number of anilines is 1. The fourth-order valence-corrected chi connectivity index (χ4v) is 3.61. The predicted octanol–water partition coefficient (Wildman–Crippen LogP) is 4.40. The van der Waals surface area contributed by atoms with Crippen LogP contribution in [-0.4, -0.2) is 24.1 Å². The average Bonchev–Trinajstić information content (AvgIpc) is 3.55. The van der Waals surface area contributed by atoms with Crippen molar-refractivity contribution in [2.24, 2.45) is 5.73 Å². The first-order chi connectivity index (χ1) is 15.6. The van der Waals surface area contributed by atoms with Gasteiger partial charge in [-0.2, -0.15) is 0 Å². The van der Waals surface area contributed by atoms with Crippen LogP contribution in [0.4, 0.5) is 10.5 Å². The Hall–Kier alpha value is -3.35. The van der Waals surface area contributed by atoms with Crippen LogP contribution in [-0.2, 0) is 22.6 Å². The van der Waals surface area contributed by atoms with Gasteiger partial charge < -0.3 is 21.1 Å². The second kappa shape index (κ2) is 11.5. The number of carbonyl (C=O) groups is 2. The molecule has 3 aromatic carbocycles. The third-order valence-corrected chi connectivity index (χ3v) is 5.55. The Balaban J connectivity index is 0.00000306. The van der Waals surface area contributed by atoms with E-state index in [4.69, 9.17) is 10.5 Å². The van der Waals surface area contributed by atoms with E-state index in [0.29, 0.717) is 18.0 Å². The van der Waals surface area contributed by atoms with Crippen molar-refractivity contribution in [2.75, 3.05) is 5.32 Å². The van der Waals surface area contributed by atoms with Crippen LogP contribution in [0.25, 0.3) is 0 Å². The Morgan fingerprint density at radius 1 is 0.909 bits per heavy atom. The van der Waals surface area contributed by atoms with Gasteiger partial charge in [0, 0.05) is 24.1 Å². The topological polar surface area (TPSA) is 93.5 Å². The van der Waals surface area contributed by atoms with Gasteiger partial charge in [0.2, 0.25) is 5.91 Å². The number of alkyl carbamates (subject to hydrolysis) is 1. The van der Waals surface area contributed by atoms with Crippen molar-refractivity contribution in [2.45, 2.75) is 37.5 Å². The van der Waals surface area contributed by atoms with Gasteiger partial charge in [-0.25, -0.2) is 4.79 Å². The van der Waals surface area contributed by atoms with E-state index < -0.39 is 12.1 Å². The van der Waals surface area contributed by atoms with Crippen LogP contribution in [0.2, 0.25) is 0 Å². The first-order valence-corrected chi connectivity index (χ1v) is 10.8. The molecule has 0 aromatic heterocycles. The summed E-state index contributed by atoms with van der Waals surface area (Å²) in [6, 6.07) is 26.1. The van der Waals surface area contributed by atoms with Crippen molar-refractivity contribution >= 4 is 30.1 Å². The lowest BCUT2D eigenvalue weighted by molar-refractivity contribution is -0.118. The second-order valence-electron chi connectivity index (χ2n) is 8.07. The third-order valence-electron chi connectivity index (χ3n) is 5.55. The maximum Gasteiger partial charge on any atom is 0.408 e. The van der Waals surface area contributed by atoms with Gasteiger partial charge in [-0.15, -0.1) is 12.4 Å². The standard InChI is InChI=1S/C26H27N3O3.ClH/c27-23-16-22(23)20-11-13-21(14-12-20)28-25(30)24(15-18-7-3-1-4-8-18)29-26(31)32-17-19-9-5-2-6-10-19;/h1-14,22-24H,15-17,27H2,(H,28,30)(H,29,31);1H/t22-,23+,24-;/m1./s1. The molecule has 0 heterocycles. The summed E-state index contributed by atoms with van der Waals surface area (Å²) in [6.45, 7) is 0.136. The summed E-state index contributed by atoms with van der Waals surface area (Å²) in [5.41, 5.74) is 9.58. The van der Waals surface area contributed by atoms with E-state index in [1.165, 1.54) is 5.56 Å². The molecule has 0 saturated heterocycles. The maximum absolute atomic E-state index is 13.0. The molecule has 7 heteroatoms. The fraction of sp³-hybridized carbons (Fsp3) is 0.231. The highest BCUT2D eigenvalue weighted by Crippen LogP contribution is 2.39. The van der Waals surface area contributed by atoms with Gasteiger partial charge in [0.25, 0.3) is 0 Å². The second-order valence-corrected chi connectivity index (χ2v) is 8.07. The van der Waals surface area contributed by atoms with Gasteiger partial charge in [0.05, 0.1) is 0 Å². The van der Waals surface area contributed by atoms with Crippen LogP contribution in [0, 0.1) is 0 Å². The number of hydrogen-bond acceptors (Lipinski definition) is 4. The summed E-state index contributed by atoms with van der Waals surface area (Å²) in [6.07, 6.45) is 0.713. The summed E-state index contributed by atoms with van der Waals surface area (Å²) in [4.78, 5) is 25.4. The summed E-state index contributed by atoms with van der Waals surface area (Å²) < 4.78 is 5.31. The predicted molar refractivity (Wildman–Crippen MR) is 131 cm³/mol. The molecule has 1 aliphatic carbocycles. The van der Waals surface area contributed by atoms with Crippen molar-refractivity contribution in [3.8, 4) is 0 Å². The van der Waals surface area contributed by atoms with Crippen LogP contribution in [0.5, 0.6) is 0 Å². The quantitative estimate of drug-likeness (QED) is 0.459. The monoisotopic (exact) mass is 465 g/mol. The highest BCUT2D eigenvalue weighted by atomic mass is 35.5. The van der Waals surface area contributed by atoms with Gasteiger partial charge in [0.1, 0.15) is 12.6 Å². The molecule has 0 radical (unpaired) electrons. The molecule has 33 heavy (non-hydrogen) atoms. The lowest BCUT2D eigenvalue weighted by Gasteiger charge is -2.19. The Labute approximate surface area is 199 Å². The van der Waals surface area contributed by atoms with Gasteiger partial charge >= 0.3 is 6.09 Å². The molecule has 4 rings (SSSR count). The van der Waals surface area contributed by atoms with E-state index >= 15 is 0 Å². The molecule has 3 aromatic rings. The SMILES string of the molecule is Cl.N[C@H]1C[C@@H]1c1ccc(NC(=O)[C@@H](Cc2ccccc2)NC(=O)OCc2ccccc2)cc1. The summed E-state index contributed by atoms with van der Waals surface area (Å²) in [5.74, 6) is 0.105. The number of nitrogens with two attached hydrogens (primary N) is 1. The van der Waals surface area contributed by atoms with Gasteiger partial charge in [-0.1, -0.05) is 72.8 Å². The zero-order chi connectivity index (χ0) is 22.3. The van der Waals surface area contributed by atoms with Crippen molar-refractivity contribution < 1.29 is 14.3 Å². The molecule has 1 aliphatic rings. The number of amides is 2. The minimum Gasteiger partial charge on any atom is -0.445 e. The summed E-state index contributed by atoms with van der Waals surface area (Å²) >= 11 is 0. The van der Waals surface area contributed by atoms with Crippen molar-refractivity contribution in [1.82, 2.24) is 5.32 Å². The van der Waals surface area contributed by atoms with Gasteiger partial charge in [-0.3, -0.25) is 4.79 Å². The summed E-state index contributed by atoms with van der Waals surface area (Å²) in [5, 5.41) is 5.61. The Kier molecular flexibility index (Phi) is 8.46. The van der Waals surface area contributed by atoms with E-state index in [1.807, 2.05) is 84.9 Å². The Bertz CT molecular complexity index is 1050. The molecule has 0 bridgehead atoms. The highest BCUT2D eigenvalue weighted by molar-refractivity contribution is 5.96. The van der Waals surface area contributed by atoms with E-state index in [9.17, 15) is 9.59 Å². The van der Waals surface area contributed by atoms with Crippen LogP contribution < -0.4 is 16.4 Å². The van der Waals surface area contributed by atoms with Crippen LogP contribution in [0.15, 0.2) is 84.9 Å². The number of carbonyl (C=O) groups excluding carboxylic acids is 2. The number of ether oxygens (including phenoxy) is 1. The number of rotatable bonds is 8. The molecule has 6 nitrogen and oxygen atoms in total. The zero-order valence-corrected chi connectivity index (χ0v) is 19.0. The Morgan fingerprint density at radius 3 is 2.06 bits per heavy atom. The van der Waals surface area contributed by atoms with Gasteiger partial charge in [0.15, 0.2) is 0 Å². The summed E-state index contributed by atoms with van der Waals surface area (Å²) in [7, 11) is 0. The molecular formula is C26H28ClN3O3. The third kappa shape index (κ3) is 7.07. The van der Waals surface area contributed by atoms with E-state index in [-0.39, 0.29) is 31.0 Å². The largest absolute Gasteiger partial charge is 0.445 e. The fourth-order valence-electron chi connectivity index (χ4n) is 3.61. The van der Waals surface area contributed by atoms with Crippen LogP contribution >= 0.6 is 12.4 Å². The van der Waals surface area contributed by atoms with Crippen LogP contribution in [0.1, 0.15) is 29.0 Å². The lowest BCUT2D eigenvalue weighted by atomic mass is 10.1. The Morgan fingerprint density at radius 2 is 1.48 bits per heavy atom. The molecule has 0 aliphatic heterocycles. The first-order valence-electron chi connectivity index (χ1n) is 10.8. The van der Waals surface area contributed by atoms with Crippen molar-refractivity contribution in [3.05, 3.63) is 102 Å².